The fraction of sp³-hybridized carbons (Fsp3) is 0.875. The van der Waals surface area contributed by atoms with Gasteiger partial charge < -0.3 is 0 Å². The number of hydrogen-bond donors (Lipinski definition) is 0. The summed E-state index contributed by atoms with van der Waals surface area (Å²) in [4.78, 5) is 10.9. The fourth-order valence-electron chi connectivity index (χ4n) is 1.63. The molecule has 1 saturated carbocycles. The Kier molecular flexibility index (Phi) is 3.20. The molecule has 3 heteroatoms. The van der Waals surface area contributed by atoms with E-state index in [2.05, 4.69) is 0 Å². The van der Waals surface area contributed by atoms with Gasteiger partial charge in [-0.25, -0.2) is 0 Å². The minimum atomic E-state index is -0.220. The summed E-state index contributed by atoms with van der Waals surface area (Å²) in [5, 5.41) is -0.0840. The molecule has 0 bridgehead atoms. The SMILES string of the molecule is C[C@H]1[C@@H](C(=O)Cl)CCC[C@@H]1Cl. The van der Waals surface area contributed by atoms with Crippen LogP contribution in [0.1, 0.15) is 26.2 Å². The summed E-state index contributed by atoms with van der Waals surface area (Å²) in [5.74, 6) is 0.239. The van der Waals surface area contributed by atoms with Crippen molar-refractivity contribution in [3.63, 3.8) is 0 Å². The van der Waals surface area contributed by atoms with Crippen molar-refractivity contribution in [3.05, 3.63) is 0 Å². The zero-order chi connectivity index (χ0) is 8.43. The molecule has 1 fully saturated rings. The van der Waals surface area contributed by atoms with Crippen molar-refractivity contribution in [2.45, 2.75) is 31.6 Å². The summed E-state index contributed by atoms with van der Waals surface area (Å²) in [7, 11) is 0. The van der Waals surface area contributed by atoms with Gasteiger partial charge in [-0.1, -0.05) is 13.3 Å². The predicted octanol–water partition coefficient (Wildman–Crippen LogP) is 2.80. The quantitative estimate of drug-likeness (QED) is 0.464. The highest BCUT2D eigenvalue weighted by Gasteiger charge is 2.32. The van der Waals surface area contributed by atoms with Crippen LogP contribution in [0.3, 0.4) is 0 Å². The Hall–Kier alpha value is 0.250. The summed E-state index contributed by atoms with van der Waals surface area (Å²) in [6.07, 6.45) is 2.96. The first-order valence-corrected chi connectivity index (χ1v) is 4.77. The van der Waals surface area contributed by atoms with Crippen molar-refractivity contribution >= 4 is 28.4 Å². The number of carbonyl (C=O) groups is 1. The van der Waals surface area contributed by atoms with Crippen molar-refractivity contribution in [2.24, 2.45) is 11.8 Å². The molecule has 0 N–H and O–H groups in total. The van der Waals surface area contributed by atoms with E-state index >= 15 is 0 Å². The Labute approximate surface area is 77.1 Å². The van der Waals surface area contributed by atoms with Crippen LogP contribution in [0.15, 0.2) is 0 Å². The highest BCUT2D eigenvalue weighted by Crippen LogP contribution is 2.34. The van der Waals surface area contributed by atoms with Crippen molar-refractivity contribution in [3.8, 4) is 0 Å². The lowest BCUT2D eigenvalue weighted by molar-refractivity contribution is -0.117. The second kappa shape index (κ2) is 3.77. The third-order valence-electron chi connectivity index (χ3n) is 2.49. The predicted molar refractivity (Wildman–Crippen MR) is 47.0 cm³/mol. The van der Waals surface area contributed by atoms with Crippen molar-refractivity contribution in [1.29, 1.82) is 0 Å². The summed E-state index contributed by atoms with van der Waals surface area (Å²) < 4.78 is 0. The Bertz CT molecular complexity index is 158. The van der Waals surface area contributed by atoms with Gasteiger partial charge in [0.05, 0.1) is 0 Å². The second-order valence-corrected chi connectivity index (χ2v) is 4.15. The van der Waals surface area contributed by atoms with Gasteiger partial charge in [0, 0.05) is 11.3 Å². The van der Waals surface area contributed by atoms with Crippen LogP contribution in [-0.2, 0) is 4.79 Å². The van der Waals surface area contributed by atoms with E-state index in [0.29, 0.717) is 0 Å². The third kappa shape index (κ3) is 2.09. The van der Waals surface area contributed by atoms with E-state index in [0.717, 1.165) is 19.3 Å². The van der Waals surface area contributed by atoms with Crippen LogP contribution in [0.25, 0.3) is 0 Å². The standard InChI is InChI=1S/C8H12Cl2O/c1-5-6(8(10)11)3-2-4-7(5)9/h5-7H,2-4H2,1H3/t5-,6-,7-/m0/s1. The highest BCUT2D eigenvalue weighted by molar-refractivity contribution is 6.64. The molecule has 0 unspecified atom stereocenters. The lowest BCUT2D eigenvalue weighted by Gasteiger charge is -2.29. The van der Waals surface area contributed by atoms with Gasteiger partial charge in [0.1, 0.15) is 0 Å². The number of halogens is 2. The number of rotatable bonds is 1. The minimum absolute atomic E-state index is 0.00656. The van der Waals surface area contributed by atoms with E-state index in [1.807, 2.05) is 6.92 Å². The van der Waals surface area contributed by atoms with Gasteiger partial charge in [0.15, 0.2) is 0 Å². The second-order valence-electron chi connectivity index (χ2n) is 3.22. The molecule has 0 heterocycles. The van der Waals surface area contributed by atoms with Crippen LogP contribution in [-0.4, -0.2) is 10.6 Å². The van der Waals surface area contributed by atoms with Gasteiger partial charge in [0.25, 0.3) is 0 Å². The molecule has 0 radical (unpaired) electrons. The molecule has 1 aliphatic carbocycles. The topological polar surface area (TPSA) is 17.1 Å². The number of hydrogen-bond acceptors (Lipinski definition) is 1. The first-order chi connectivity index (χ1) is 5.13. The van der Waals surface area contributed by atoms with Crippen LogP contribution >= 0.6 is 23.2 Å². The number of carbonyl (C=O) groups excluding carboxylic acids is 1. The van der Waals surface area contributed by atoms with E-state index in [-0.39, 0.29) is 22.5 Å². The van der Waals surface area contributed by atoms with E-state index in [9.17, 15) is 4.79 Å². The molecular formula is C8H12Cl2O. The van der Waals surface area contributed by atoms with E-state index in [4.69, 9.17) is 23.2 Å². The zero-order valence-electron chi connectivity index (χ0n) is 6.52. The molecule has 0 amide bonds. The van der Waals surface area contributed by atoms with Gasteiger partial charge in [-0.05, 0) is 30.4 Å². The maximum Gasteiger partial charge on any atom is 0.225 e. The molecule has 0 spiro atoms. The average molecular weight is 195 g/mol. The molecule has 0 aliphatic heterocycles. The molecule has 1 aliphatic rings. The highest BCUT2D eigenvalue weighted by atomic mass is 35.5. The van der Waals surface area contributed by atoms with Gasteiger partial charge in [-0.3, -0.25) is 4.79 Å². The Balaban J connectivity index is 2.58. The first kappa shape index (κ1) is 9.34. The average Bonchev–Trinajstić information content (AvgIpc) is 1.94. The van der Waals surface area contributed by atoms with Crippen LogP contribution in [0, 0.1) is 11.8 Å². The van der Waals surface area contributed by atoms with Gasteiger partial charge >= 0.3 is 0 Å². The molecule has 0 saturated heterocycles. The lowest BCUT2D eigenvalue weighted by Crippen LogP contribution is -2.30. The van der Waals surface area contributed by atoms with Gasteiger partial charge in [0.2, 0.25) is 5.24 Å². The van der Waals surface area contributed by atoms with Crippen LogP contribution in [0.4, 0.5) is 0 Å². The molecule has 64 valence electrons. The molecule has 0 aromatic carbocycles. The maximum absolute atomic E-state index is 10.9. The maximum atomic E-state index is 10.9. The summed E-state index contributed by atoms with van der Waals surface area (Å²) in [6.45, 7) is 2.00. The summed E-state index contributed by atoms with van der Waals surface area (Å²) in [6, 6.07) is 0. The van der Waals surface area contributed by atoms with Crippen molar-refractivity contribution < 1.29 is 4.79 Å². The van der Waals surface area contributed by atoms with Crippen molar-refractivity contribution in [2.75, 3.05) is 0 Å². The molecule has 0 aromatic rings. The molecule has 11 heavy (non-hydrogen) atoms. The molecule has 1 nitrogen and oxygen atoms in total. The first-order valence-electron chi connectivity index (χ1n) is 3.96. The number of alkyl halides is 1. The van der Waals surface area contributed by atoms with Crippen molar-refractivity contribution in [1.82, 2.24) is 0 Å². The van der Waals surface area contributed by atoms with Crippen LogP contribution in [0.5, 0.6) is 0 Å². The Morgan fingerprint density at radius 2 is 2.09 bits per heavy atom. The molecular weight excluding hydrogens is 183 g/mol. The van der Waals surface area contributed by atoms with Crippen LogP contribution < -0.4 is 0 Å². The Morgan fingerprint density at radius 1 is 1.45 bits per heavy atom. The molecule has 1 rings (SSSR count). The smallest absolute Gasteiger partial charge is 0.225 e. The molecule has 0 aromatic heterocycles. The molecule has 3 atom stereocenters. The third-order valence-corrected chi connectivity index (χ3v) is 3.39. The van der Waals surface area contributed by atoms with E-state index in [1.54, 1.807) is 0 Å². The van der Waals surface area contributed by atoms with Gasteiger partial charge in [-0.15, -0.1) is 11.6 Å². The minimum Gasteiger partial charge on any atom is -0.281 e. The largest absolute Gasteiger partial charge is 0.281 e. The lowest BCUT2D eigenvalue weighted by atomic mass is 9.81. The normalized spacial score (nSPS) is 38.6. The fourth-order valence-corrected chi connectivity index (χ4v) is 2.27. The zero-order valence-corrected chi connectivity index (χ0v) is 8.03. The Morgan fingerprint density at radius 3 is 2.55 bits per heavy atom. The summed E-state index contributed by atoms with van der Waals surface area (Å²) >= 11 is 11.4. The van der Waals surface area contributed by atoms with Crippen LogP contribution in [0.2, 0.25) is 0 Å². The van der Waals surface area contributed by atoms with E-state index in [1.165, 1.54) is 0 Å². The van der Waals surface area contributed by atoms with E-state index < -0.39 is 0 Å². The van der Waals surface area contributed by atoms with Gasteiger partial charge in [-0.2, -0.15) is 0 Å². The summed E-state index contributed by atoms with van der Waals surface area (Å²) in [5.41, 5.74) is 0. The monoisotopic (exact) mass is 194 g/mol.